The molecule has 3 aromatic heterocycles. The van der Waals surface area contributed by atoms with Gasteiger partial charge in [0.2, 0.25) is 0 Å². The van der Waals surface area contributed by atoms with Crippen LogP contribution in [-0.2, 0) is 16.2 Å². The van der Waals surface area contributed by atoms with Crippen LogP contribution in [0.1, 0.15) is 226 Å². The summed E-state index contributed by atoms with van der Waals surface area (Å²) < 4.78 is 3.66. The molecule has 0 aliphatic heterocycles. The molecule has 0 atom stereocenters. The highest BCUT2D eigenvalue weighted by Crippen LogP contribution is 2.61. The summed E-state index contributed by atoms with van der Waals surface area (Å²) in [6.45, 7) is 0. The van der Waals surface area contributed by atoms with Crippen molar-refractivity contribution >= 4 is 177 Å². The summed E-state index contributed by atoms with van der Waals surface area (Å²) in [5, 5.41) is 9.48. The average Bonchev–Trinajstić information content (AvgIpc) is 1.56. The Morgan fingerprint density at radius 1 is 0.179 bits per heavy atom. The van der Waals surface area contributed by atoms with Gasteiger partial charge in [-0.25, -0.2) is 15.0 Å². The third-order valence-electron chi connectivity index (χ3n) is 31.7. The number of halogens is 6. The summed E-state index contributed by atoms with van der Waals surface area (Å²) in [7, 11) is 0. The minimum atomic E-state index is -0.147. The molecule has 0 unspecified atom stereocenters. The van der Waals surface area contributed by atoms with E-state index in [9.17, 15) is 0 Å². The number of alkyl halides is 6. The summed E-state index contributed by atoms with van der Waals surface area (Å²) >= 11 is 28.1. The number of fused-ring (bicyclic) bond motifs is 12. The summed E-state index contributed by atoms with van der Waals surface area (Å²) in [6, 6.07) is 127. The Hall–Kier alpha value is -9.35. The highest BCUT2D eigenvalue weighted by molar-refractivity contribution is 9.10. The summed E-state index contributed by atoms with van der Waals surface area (Å²) in [4.78, 5) is 17.7. The van der Waals surface area contributed by atoms with Crippen LogP contribution >= 0.6 is 130 Å². The zero-order chi connectivity index (χ0) is 98.5. The van der Waals surface area contributed by atoms with E-state index in [1.54, 1.807) is 34.0 Å². The molecule has 0 spiro atoms. The van der Waals surface area contributed by atoms with E-state index in [-0.39, 0.29) is 16.2 Å². The molecule has 3 aliphatic rings. The lowest BCUT2D eigenvalue weighted by atomic mass is 9.70. The van der Waals surface area contributed by atoms with E-state index >= 15 is 0 Å². The van der Waals surface area contributed by atoms with E-state index in [0.29, 0.717) is 0 Å². The Kier molecular flexibility index (Phi) is 33.4. The fourth-order valence-electron chi connectivity index (χ4n) is 24.1. The Morgan fingerprint density at radius 2 is 0.352 bits per heavy atom. The van der Waals surface area contributed by atoms with Crippen molar-refractivity contribution in [2.45, 2.75) is 209 Å². The first kappa shape index (κ1) is 102. The standard InChI is InChI=1S/C132H126Br6N4S3/c133-79-25-7-1-19-73-130(74-20-2-8-26-80-134)115-85-100(91-37-43-97(44-38-91)127-139-121-31-13-16-34-124(121)143-127)55-67-109(115)112-70-58-103(88-118(112)130)94-49-61-106(62-50-94)142(107-63-51-95(52-64-107)104-59-71-113-110-68-56-101(92-39-45-98(46-40-92)128-140-122-32-14-17-35-125(122)144-128)86-116(110)131(119(113)89-104,75-21-3-9-27-81-135)76-22-4-10-28-82-136)108-65-53-96(54-66-108)105-60-72-114-111-69-57-102(93-41-47-99(48-42-93)129-141-123-33-15-18-36-126(123)145-129)87-117(111)132(120(114)90-105,77-23-5-11-29-83-137)78-24-6-12-30-84-138/h13-18,31-72,85-90H,1-12,19-30,73-84H2. The topological polar surface area (TPSA) is 41.9 Å². The molecule has 3 heterocycles. The van der Waals surface area contributed by atoms with Gasteiger partial charge in [-0.05, 0) is 320 Å². The number of benzene rings is 15. The Morgan fingerprint density at radius 3 is 0.545 bits per heavy atom. The fraction of sp³-hybridized carbons (Fsp3) is 0.295. The number of nitrogens with zero attached hydrogens (tertiary/aromatic N) is 4. The zero-order valence-corrected chi connectivity index (χ0v) is 94.9. The van der Waals surface area contributed by atoms with Gasteiger partial charge in [0, 0.05) is 82.0 Å². The number of rotatable bonds is 48. The van der Waals surface area contributed by atoms with Crippen molar-refractivity contribution in [1.29, 1.82) is 0 Å². The van der Waals surface area contributed by atoms with Gasteiger partial charge in [-0.3, -0.25) is 0 Å². The molecule has 0 saturated carbocycles. The predicted molar refractivity (Wildman–Crippen MR) is 650 cm³/mol. The van der Waals surface area contributed by atoms with Gasteiger partial charge < -0.3 is 4.90 Å². The van der Waals surface area contributed by atoms with Gasteiger partial charge in [0.25, 0.3) is 0 Å². The first-order chi connectivity index (χ1) is 71.5. The lowest BCUT2D eigenvalue weighted by molar-refractivity contribution is 0.401. The molecule has 0 bridgehead atoms. The van der Waals surface area contributed by atoms with Gasteiger partial charge >= 0.3 is 0 Å². The van der Waals surface area contributed by atoms with E-state index in [4.69, 9.17) is 15.0 Å². The third-order valence-corrected chi connectivity index (χ3v) is 38.3. The lowest BCUT2D eigenvalue weighted by Crippen LogP contribution is -2.25. The van der Waals surface area contributed by atoms with Gasteiger partial charge in [0.15, 0.2) is 0 Å². The van der Waals surface area contributed by atoms with Crippen molar-refractivity contribution in [2.24, 2.45) is 0 Å². The molecule has 0 amide bonds. The van der Waals surface area contributed by atoms with E-state index < -0.39 is 0 Å². The van der Waals surface area contributed by atoms with Crippen LogP contribution in [0.4, 0.5) is 17.1 Å². The van der Waals surface area contributed by atoms with Crippen molar-refractivity contribution in [3.8, 4) is 132 Å². The maximum Gasteiger partial charge on any atom is 0.124 e. The quantitative estimate of drug-likeness (QED) is 0.0282. The molecule has 15 aromatic carbocycles. The van der Waals surface area contributed by atoms with Crippen molar-refractivity contribution in [3.63, 3.8) is 0 Å². The van der Waals surface area contributed by atoms with Crippen LogP contribution < -0.4 is 4.90 Å². The average molecular weight is 2340 g/mol. The number of hydrogen-bond acceptors (Lipinski definition) is 7. The van der Waals surface area contributed by atoms with Gasteiger partial charge in [-0.2, -0.15) is 0 Å². The van der Waals surface area contributed by atoms with Gasteiger partial charge in [0.05, 0.1) is 30.6 Å². The summed E-state index contributed by atoms with van der Waals surface area (Å²) in [5.74, 6) is 0. The van der Waals surface area contributed by atoms with Crippen LogP contribution in [0.3, 0.4) is 0 Å². The van der Waals surface area contributed by atoms with Crippen LogP contribution in [0.25, 0.3) is 163 Å². The molecule has 0 fully saturated rings. The molecule has 13 heteroatoms. The van der Waals surface area contributed by atoms with Crippen molar-refractivity contribution in [2.75, 3.05) is 36.9 Å². The lowest BCUT2D eigenvalue weighted by Gasteiger charge is -2.33. The molecule has 18 aromatic rings. The maximum atomic E-state index is 5.06. The minimum Gasteiger partial charge on any atom is -0.311 e. The fourth-order valence-corrected chi connectivity index (χ4v) is 29.4. The molecule has 0 saturated heterocycles. The van der Waals surface area contributed by atoms with Crippen LogP contribution in [0.15, 0.2) is 328 Å². The van der Waals surface area contributed by atoms with Crippen LogP contribution in [0.2, 0.25) is 0 Å². The largest absolute Gasteiger partial charge is 0.311 e. The highest BCUT2D eigenvalue weighted by atomic mass is 79.9. The summed E-state index contributed by atoms with van der Waals surface area (Å²) in [5.41, 5.74) is 42.0. The molecule has 0 N–H and O–H groups in total. The minimum absolute atomic E-state index is 0.147. The molecule has 4 nitrogen and oxygen atoms in total. The molecule has 3 aliphatic carbocycles. The SMILES string of the molecule is BrCCCCCCC1(CCCCCCBr)c2cc(-c3ccc(-c4nc5ccccc5s4)cc3)ccc2-c2ccc(-c3ccc(N(c4ccc(-c5ccc6c(c5)C(CCCCCCBr)(CCCCCCBr)c5cc(-c7ccc(-c8nc9ccccc9s8)cc7)ccc5-6)cc4)c4ccc(-c5ccc6c(c5)C(CCCCCCBr)(CCCCCCBr)c5cc(-c7ccc(-c8nc9ccccc9s8)cc7)ccc5-6)cc4)cc3)cc21. The smallest absolute Gasteiger partial charge is 0.124 e. The van der Waals surface area contributed by atoms with Gasteiger partial charge in [0.1, 0.15) is 15.0 Å². The first-order valence-electron chi connectivity index (χ1n) is 53.3. The molecule has 734 valence electrons. The molecule has 145 heavy (non-hydrogen) atoms. The normalized spacial score (nSPS) is 13.4. The molecular weight excluding hydrogens is 2220 g/mol. The number of hydrogen-bond donors (Lipinski definition) is 0. The van der Waals surface area contributed by atoms with E-state index in [1.165, 1.54) is 302 Å². The van der Waals surface area contributed by atoms with Crippen LogP contribution in [0, 0.1) is 0 Å². The van der Waals surface area contributed by atoms with E-state index in [0.717, 1.165) is 136 Å². The summed E-state index contributed by atoms with van der Waals surface area (Å²) in [6.07, 6.45) is 35.7. The van der Waals surface area contributed by atoms with Gasteiger partial charge in [-0.15, -0.1) is 34.0 Å². The Balaban J connectivity index is 0.646. The highest BCUT2D eigenvalue weighted by Gasteiger charge is 2.47. The van der Waals surface area contributed by atoms with Crippen molar-refractivity contribution in [1.82, 2.24) is 15.0 Å². The van der Waals surface area contributed by atoms with Crippen molar-refractivity contribution < 1.29 is 0 Å². The maximum absolute atomic E-state index is 5.06. The second-order valence-corrected chi connectivity index (χ2v) is 48.4. The Labute approximate surface area is 921 Å². The number of unbranched alkanes of at least 4 members (excludes halogenated alkanes) is 18. The first-order valence-corrected chi connectivity index (χ1v) is 62.5. The Bertz CT molecular complexity index is 6640. The monoisotopic (exact) mass is 2340 g/mol. The van der Waals surface area contributed by atoms with E-state index in [1.807, 2.05) is 0 Å². The van der Waals surface area contributed by atoms with Gasteiger partial charge in [-0.1, -0.05) is 430 Å². The zero-order valence-electron chi connectivity index (χ0n) is 82.9. The second-order valence-electron chi connectivity index (χ2n) is 40.6. The van der Waals surface area contributed by atoms with Crippen molar-refractivity contribution in [3.05, 3.63) is 361 Å². The molecule has 21 rings (SSSR count). The van der Waals surface area contributed by atoms with Crippen LogP contribution in [0.5, 0.6) is 0 Å². The number of thiazole rings is 3. The number of aromatic nitrogens is 3. The number of para-hydroxylation sites is 3. The molecular formula is C132H126Br6N4S3. The second kappa shape index (κ2) is 47.7. The third kappa shape index (κ3) is 21.8. The van der Waals surface area contributed by atoms with E-state index in [2.05, 4.69) is 428 Å². The predicted octanol–water partition coefficient (Wildman–Crippen LogP) is 42.9. The molecule has 0 radical (unpaired) electrons. The number of anilines is 3. The van der Waals surface area contributed by atoms with Crippen LogP contribution in [-0.4, -0.2) is 46.9 Å².